The highest BCUT2D eigenvalue weighted by atomic mass is 35.5. The molecule has 1 atom stereocenters. The van der Waals surface area contributed by atoms with Gasteiger partial charge in [-0.15, -0.1) is 0 Å². The van der Waals surface area contributed by atoms with E-state index >= 15 is 0 Å². The first kappa shape index (κ1) is 9.34. The van der Waals surface area contributed by atoms with Crippen molar-refractivity contribution in [3.63, 3.8) is 0 Å². The maximum absolute atomic E-state index is 6.01. The fourth-order valence-corrected chi connectivity index (χ4v) is 2.12. The van der Waals surface area contributed by atoms with Gasteiger partial charge in [0.05, 0.1) is 6.20 Å². The van der Waals surface area contributed by atoms with Crippen LogP contribution in [0.5, 0.6) is 0 Å². The van der Waals surface area contributed by atoms with Gasteiger partial charge in [-0.2, -0.15) is 5.10 Å². The van der Waals surface area contributed by atoms with Crippen LogP contribution in [0.25, 0.3) is 0 Å². The van der Waals surface area contributed by atoms with Gasteiger partial charge < -0.3 is 5.73 Å². The second-order valence-electron chi connectivity index (χ2n) is 3.76. The lowest BCUT2D eigenvalue weighted by Gasteiger charge is -2.27. The van der Waals surface area contributed by atoms with Gasteiger partial charge in [0.25, 0.3) is 0 Å². The number of nitrogens with zero attached hydrogens (tertiary/aromatic N) is 1. The van der Waals surface area contributed by atoms with Crippen molar-refractivity contribution in [1.82, 2.24) is 10.2 Å². The first-order valence-corrected chi connectivity index (χ1v) is 4.83. The Hall–Kier alpha value is -1.22. The molecule has 4 heteroatoms. The molecule has 0 radical (unpaired) electrons. The van der Waals surface area contributed by atoms with Crippen molar-refractivity contribution < 1.29 is 0 Å². The number of aromatic amines is 1. The Morgan fingerprint density at radius 2 is 2.43 bits per heavy atom. The van der Waals surface area contributed by atoms with Crippen LogP contribution in [0.4, 0.5) is 5.82 Å². The van der Waals surface area contributed by atoms with E-state index in [-0.39, 0.29) is 5.41 Å². The number of H-pyrrole nitrogens is 1. The van der Waals surface area contributed by atoms with Crippen LogP contribution in [0.3, 0.4) is 0 Å². The first-order valence-electron chi connectivity index (χ1n) is 4.45. The third-order valence-electron chi connectivity index (χ3n) is 2.56. The second kappa shape index (κ2) is 3.17. The SMILES string of the molecule is CC1(c2cn[nH]c2N)C=CC=C(Cl)C1. The Morgan fingerprint density at radius 1 is 1.64 bits per heavy atom. The van der Waals surface area contributed by atoms with E-state index < -0.39 is 0 Å². The van der Waals surface area contributed by atoms with E-state index in [4.69, 9.17) is 17.3 Å². The zero-order chi connectivity index (χ0) is 10.2. The number of nitrogens with one attached hydrogen (secondary N) is 1. The molecule has 0 saturated carbocycles. The molecule has 3 N–H and O–H groups in total. The third-order valence-corrected chi connectivity index (χ3v) is 2.82. The number of allylic oxidation sites excluding steroid dienone is 4. The molecule has 0 bridgehead atoms. The number of halogens is 1. The van der Waals surface area contributed by atoms with E-state index in [0.29, 0.717) is 5.82 Å². The molecule has 2 rings (SSSR count). The molecule has 1 aliphatic rings. The summed E-state index contributed by atoms with van der Waals surface area (Å²) in [6.07, 6.45) is 8.49. The van der Waals surface area contributed by atoms with E-state index in [1.165, 1.54) is 0 Å². The predicted octanol–water partition coefficient (Wildman–Crippen LogP) is 2.33. The van der Waals surface area contributed by atoms with Crippen molar-refractivity contribution in [2.75, 3.05) is 5.73 Å². The van der Waals surface area contributed by atoms with Gasteiger partial charge in [0.15, 0.2) is 0 Å². The quantitative estimate of drug-likeness (QED) is 0.746. The Balaban J connectivity index is 2.40. The van der Waals surface area contributed by atoms with Gasteiger partial charge in [0.1, 0.15) is 5.82 Å². The Morgan fingerprint density at radius 3 is 3.00 bits per heavy atom. The molecular weight excluding hydrogens is 198 g/mol. The number of hydrogen-bond acceptors (Lipinski definition) is 2. The van der Waals surface area contributed by atoms with Gasteiger partial charge in [-0.05, 0) is 12.5 Å². The lowest BCUT2D eigenvalue weighted by molar-refractivity contribution is 0.596. The van der Waals surface area contributed by atoms with Crippen LogP contribution < -0.4 is 5.73 Å². The molecule has 0 spiro atoms. The number of nitrogens with two attached hydrogens (primary N) is 1. The fourth-order valence-electron chi connectivity index (χ4n) is 1.77. The van der Waals surface area contributed by atoms with Crippen molar-refractivity contribution >= 4 is 17.4 Å². The average Bonchev–Trinajstić information content (AvgIpc) is 2.51. The van der Waals surface area contributed by atoms with Crippen LogP contribution in [0.15, 0.2) is 29.5 Å². The number of hydrogen-bond donors (Lipinski definition) is 2. The average molecular weight is 210 g/mol. The zero-order valence-corrected chi connectivity index (χ0v) is 8.67. The normalized spacial score (nSPS) is 26.3. The first-order chi connectivity index (χ1) is 6.62. The van der Waals surface area contributed by atoms with Gasteiger partial charge in [-0.25, -0.2) is 0 Å². The molecule has 1 aromatic heterocycles. The van der Waals surface area contributed by atoms with Crippen LogP contribution in [-0.4, -0.2) is 10.2 Å². The molecule has 0 aliphatic heterocycles. The number of rotatable bonds is 1. The minimum absolute atomic E-state index is 0.136. The second-order valence-corrected chi connectivity index (χ2v) is 4.25. The molecule has 1 unspecified atom stereocenters. The lowest BCUT2D eigenvalue weighted by atomic mass is 9.78. The number of anilines is 1. The number of aromatic nitrogens is 2. The summed E-state index contributed by atoms with van der Waals surface area (Å²) in [7, 11) is 0. The highest BCUT2D eigenvalue weighted by molar-refractivity contribution is 6.29. The van der Waals surface area contributed by atoms with Crippen molar-refractivity contribution in [2.24, 2.45) is 0 Å². The van der Waals surface area contributed by atoms with E-state index in [2.05, 4.69) is 23.2 Å². The Bertz CT molecular complexity index is 405. The Labute approximate surface area is 87.6 Å². The lowest BCUT2D eigenvalue weighted by Crippen LogP contribution is -2.21. The number of nitrogen functional groups attached to an aromatic ring is 1. The van der Waals surface area contributed by atoms with Crippen molar-refractivity contribution in [2.45, 2.75) is 18.8 Å². The molecule has 1 aliphatic carbocycles. The summed E-state index contributed by atoms with van der Waals surface area (Å²) >= 11 is 6.01. The van der Waals surface area contributed by atoms with E-state index in [1.54, 1.807) is 6.20 Å². The molecule has 1 aromatic rings. The molecule has 0 saturated heterocycles. The van der Waals surface area contributed by atoms with Gasteiger partial charge in [0.2, 0.25) is 0 Å². The van der Waals surface area contributed by atoms with Gasteiger partial charge >= 0.3 is 0 Å². The minimum Gasteiger partial charge on any atom is -0.384 e. The summed E-state index contributed by atoms with van der Waals surface area (Å²) in [5, 5.41) is 7.50. The van der Waals surface area contributed by atoms with Gasteiger partial charge in [0, 0.05) is 16.0 Å². The van der Waals surface area contributed by atoms with Crippen molar-refractivity contribution in [3.05, 3.63) is 35.0 Å². The van der Waals surface area contributed by atoms with E-state index in [0.717, 1.165) is 17.0 Å². The maximum atomic E-state index is 6.01. The minimum atomic E-state index is -0.136. The highest BCUT2D eigenvalue weighted by Gasteiger charge is 2.29. The van der Waals surface area contributed by atoms with Crippen molar-refractivity contribution in [1.29, 1.82) is 0 Å². The topological polar surface area (TPSA) is 54.7 Å². The van der Waals surface area contributed by atoms with Crippen LogP contribution in [0, 0.1) is 0 Å². The van der Waals surface area contributed by atoms with E-state index in [9.17, 15) is 0 Å². The molecule has 3 nitrogen and oxygen atoms in total. The van der Waals surface area contributed by atoms with E-state index in [1.807, 2.05) is 12.2 Å². The van der Waals surface area contributed by atoms with Gasteiger partial charge in [-0.1, -0.05) is 30.7 Å². The highest BCUT2D eigenvalue weighted by Crippen LogP contribution is 2.38. The Kier molecular flexibility index (Phi) is 2.11. The van der Waals surface area contributed by atoms with Crippen molar-refractivity contribution in [3.8, 4) is 0 Å². The zero-order valence-electron chi connectivity index (χ0n) is 7.92. The molecule has 0 aromatic carbocycles. The summed E-state index contributed by atoms with van der Waals surface area (Å²) in [5.41, 5.74) is 6.65. The summed E-state index contributed by atoms with van der Waals surface area (Å²) < 4.78 is 0. The summed E-state index contributed by atoms with van der Waals surface area (Å²) in [4.78, 5) is 0. The van der Waals surface area contributed by atoms with Crippen LogP contribution in [-0.2, 0) is 5.41 Å². The molecule has 1 heterocycles. The standard InChI is InChI=1S/C10H12ClN3/c1-10(4-2-3-7(11)5-10)8-6-13-14-9(8)12/h2-4,6H,5H2,1H3,(H3,12,13,14). The fraction of sp³-hybridized carbons (Fsp3) is 0.300. The third kappa shape index (κ3) is 1.44. The maximum Gasteiger partial charge on any atom is 0.122 e. The molecule has 0 amide bonds. The molecular formula is C10H12ClN3. The summed E-state index contributed by atoms with van der Waals surface area (Å²) in [6, 6.07) is 0. The summed E-state index contributed by atoms with van der Waals surface area (Å²) in [5.74, 6) is 0.614. The summed E-state index contributed by atoms with van der Waals surface area (Å²) in [6.45, 7) is 2.10. The largest absolute Gasteiger partial charge is 0.384 e. The smallest absolute Gasteiger partial charge is 0.122 e. The van der Waals surface area contributed by atoms with Crippen LogP contribution >= 0.6 is 11.6 Å². The predicted molar refractivity (Wildman–Crippen MR) is 58.0 cm³/mol. The molecule has 74 valence electrons. The van der Waals surface area contributed by atoms with Crippen LogP contribution in [0.2, 0.25) is 0 Å². The monoisotopic (exact) mass is 209 g/mol. The molecule has 14 heavy (non-hydrogen) atoms. The van der Waals surface area contributed by atoms with Crippen LogP contribution in [0.1, 0.15) is 18.9 Å². The molecule has 0 fully saturated rings. The van der Waals surface area contributed by atoms with Gasteiger partial charge in [-0.3, -0.25) is 5.10 Å².